The molecular weight excluding hydrogens is 336 g/mol. The van der Waals surface area contributed by atoms with Crippen molar-refractivity contribution in [2.45, 2.75) is 40.2 Å². The number of rotatable bonds is 5. The van der Waals surface area contributed by atoms with Crippen molar-refractivity contribution in [3.63, 3.8) is 0 Å². The number of aryl methyl sites for hydroxylation is 2. The number of urea groups is 1. The lowest BCUT2D eigenvalue weighted by atomic mass is 9.99. The van der Waals surface area contributed by atoms with Gasteiger partial charge < -0.3 is 15.7 Å². The monoisotopic (exact) mass is 356 g/mol. The predicted molar refractivity (Wildman–Crippen MR) is 86.6 cm³/mol. The van der Waals surface area contributed by atoms with E-state index in [0.717, 1.165) is 15.6 Å². The second-order valence-electron chi connectivity index (χ2n) is 5.24. The second kappa shape index (κ2) is 7.45. The minimum absolute atomic E-state index is 0.143. The lowest BCUT2D eigenvalue weighted by molar-refractivity contribution is -0.140. The Bertz CT molecular complexity index is 523. The topological polar surface area (TPSA) is 78.4 Å². The SMILES string of the molecule is CC[C@H](C)[C@H](NC(=O)Nc1c(C)cc(C)cc1Br)C(=O)O. The molecule has 0 aliphatic rings. The molecule has 116 valence electrons. The molecule has 6 heteroatoms. The number of aliphatic carboxylic acids is 1. The van der Waals surface area contributed by atoms with Crippen molar-refractivity contribution < 1.29 is 14.7 Å². The summed E-state index contributed by atoms with van der Waals surface area (Å²) in [6.45, 7) is 7.54. The van der Waals surface area contributed by atoms with Crippen LogP contribution in [0.25, 0.3) is 0 Å². The van der Waals surface area contributed by atoms with Gasteiger partial charge in [0, 0.05) is 4.47 Å². The molecule has 0 bridgehead atoms. The molecular formula is C15H21BrN2O3. The zero-order chi connectivity index (χ0) is 16.2. The Balaban J connectivity index is 2.84. The quantitative estimate of drug-likeness (QED) is 0.752. The molecule has 1 aromatic carbocycles. The highest BCUT2D eigenvalue weighted by Crippen LogP contribution is 2.27. The van der Waals surface area contributed by atoms with E-state index in [1.54, 1.807) is 6.92 Å². The number of carboxylic acids is 1. The summed E-state index contributed by atoms with van der Waals surface area (Å²) in [5.41, 5.74) is 2.63. The predicted octanol–water partition coefficient (Wildman–Crippen LogP) is 3.69. The first-order chi connectivity index (χ1) is 9.76. The summed E-state index contributed by atoms with van der Waals surface area (Å²) < 4.78 is 0.769. The van der Waals surface area contributed by atoms with Crippen LogP contribution in [-0.4, -0.2) is 23.1 Å². The van der Waals surface area contributed by atoms with E-state index in [0.29, 0.717) is 12.1 Å². The third-order valence-electron chi connectivity index (χ3n) is 3.44. The minimum Gasteiger partial charge on any atom is -0.480 e. The van der Waals surface area contributed by atoms with Crippen molar-refractivity contribution in [3.05, 3.63) is 27.7 Å². The van der Waals surface area contributed by atoms with Crippen LogP contribution >= 0.6 is 15.9 Å². The van der Waals surface area contributed by atoms with Gasteiger partial charge in [-0.15, -0.1) is 0 Å². The van der Waals surface area contributed by atoms with Gasteiger partial charge in [-0.2, -0.15) is 0 Å². The number of nitrogens with one attached hydrogen (secondary N) is 2. The summed E-state index contributed by atoms with van der Waals surface area (Å²) in [5, 5.41) is 14.4. The second-order valence-corrected chi connectivity index (χ2v) is 6.09. The van der Waals surface area contributed by atoms with Gasteiger partial charge in [-0.3, -0.25) is 0 Å². The van der Waals surface area contributed by atoms with E-state index in [1.165, 1.54) is 0 Å². The molecule has 0 heterocycles. The minimum atomic E-state index is -1.03. The van der Waals surface area contributed by atoms with E-state index < -0.39 is 18.0 Å². The van der Waals surface area contributed by atoms with Gasteiger partial charge in [0.05, 0.1) is 5.69 Å². The lowest BCUT2D eigenvalue weighted by Gasteiger charge is -2.21. The van der Waals surface area contributed by atoms with Crippen molar-refractivity contribution >= 4 is 33.6 Å². The van der Waals surface area contributed by atoms with Crippen LogP contribution in [0.3, 0.4) is 0 Å². The number of anilines is 1. The standard InChI is InChI=1S/C15H21BrN2O3/c1-5-9(3)13(14(19)20)18-15(21)17-12-10(4)6-8(2)7-11(12)16/h6-7,9,13H,5H2,1-4H3,(H,19,20)(H2,17,18,21)/t9-,13-/m0/s1. The first kappa shape index (κ1) is 17.5. The number of hydrogen-bond acceptors (Lipinski definition) is 2. The number of carboxylic acid groups (broad SMARTS) is 1. The molecule has 0 radical (unpaired) electrons. The summed E-state index contributed by atoms with van der Waals surface area (Å²) >= 11 is 3.41. The summed E-state index contributed by atoms with van der Waals surface area (Å²) in [4.78, 5) is 23.2. The van der Waals surface area contributed by atoms with E-state index >= 15 is 0 Å². The highest BCUT2D eigenvalue weighted by Gasteiger charge is 2.25. The Morgan fingerprint density at radius 2 is 1.95 bits per heavy atom. The van der Waals surface area contributed by atoms with Crippen molar-refractivity contribution in [1.29, 1.82) is 0 Å². The van der Waals surface area contributed by atoms with E-state index in [4.69, 9.17) is 0 Å². The smallest absolute Gasteiger partial charge is 0.326 e. The lowest BCUT2D eigenvalue weighted by Crippen LogP contribution is -2.46. The number of amides is 2. The normalized spacial score (nSPS) is 13.4. The van der Waals surface area contributed by atoms with Crippen LogP contribution < -0.4 is 10.6 Å². The molecule has 2 atom stereocenters. The molecule has 3 N–H and O–H groups in total. The van der Waals surface area contributed by atoms with E-state index in [-0.39, 0.29) is 5.92 Å². The molecule has 0 unspecified atom stereocenters. The average Bonchev–Trinajstić information content (AvgIpc) is 2.39. The van der Waals surface area contributed by atoms with Crippen LogP contribution in [0.4, 0.5) is 10.5 Å². The first-order valence-corrected chi connectivity index (χ1v) is 7.62. The number of carbonyl (C=O) groups is 2. The maximum Gasteiger partial charge on any atom is 0.326 e. The van der Waals surface area contributed by atoms with E-state index in [9.17, 15) is 14.7 Å². The Morgan fingerprint density at radius 1 is 1.33 bits per heavy atom. The van der Waals surface area contributed by atoms with Gasteiger partial charge >= 0.3 is 12.0 Å². The molecule has 0 fully saturated rings. The maximum absolute atomic E-state index is 12.0. The fourth-order valence-electron chi connectivity index (χ4n) is 2.05. The van der Waals surface area contributed by atoms with Crippen molar-refractivity contribution in [2.75, 3.05) is 5.32 Å². The Kier molecular flexibility index (Phi) is 6.20. The zero-order valence-electron chi connectivity index (χ0n) is 12.7. The molecule has 5 nitrogen and oxygen atoms in total. The fraction of sp³-hybridized carbons (Fsp3) is 0.467. The first-order valence-electron chi connectivity index (χ1n) is 6.83. The van der Waals surface area contributed by atoms with E-state index in [2.05, 4.69) is 26.6 Å². The van der Waals surface area contributed by atoms with Gasteiger partial charge in [-0.1, -0.05) is 26.3 Å². The average molecular weight is 357 g/mol. The Morgan fingerprint density at radius 3 is 2.43 bits per heavy atom. The maximum atomic E-state index is 12.0. The Hall–Kier alpha value is -1.56. The van der Waals surface area contributed by atoms with E-state index in [1.807, 2.05) is 32.9 Å². The summed E-state index contributed by atoms with van der Waals surface area (Å²) in [7, 11) is 0. The fourth-order valence-corrected chi connectivity index (χ4v) is 2.82. The summed E-state index contributed by atoms with van der Waals surface area (Å²) in [6.07, 6.45) is 0.671. The van der Waals surface area contributed by atoms with Gasteiger partial charge in [-0.25, -0.2) is 9.59 Å². The molecule has 0 spiro atoms. The largest absolute Gasteiger partial charge is 0.480 e. The van der Waals surface area contributed by atoms with Crippen LogP contribution in [-0.2, 0) is 4.79 Å². The molecule has 21 heavy (non-hydrogen) atoms. The molecule has 1 rings (SSSR count). The van der Waals surface area contributed by atoms with Crippen molar-refractivity contribution in [1.82, 2.24) is 5.32 Å². The van der Waals surface area contributed by atoms with Gasteiger partial charge in [0.2, 0.25) is 0 Å². The van der Waals surface area contributed by atoms with Gasteiger partial charge in [-0.05, 0) is 52.9 Å². The molecule has 0 aromatic heterocycles. The van der Waals surface area contributed by atoms with Gasteiger partial charge in [0.25, 0.3) is 0 Å². The van der Waals surface area contributed by atoms with Crippen molar-refractivity contribution in [2.24, 2.45) is 5.92 Å². The molecule has 1 aromatic rings. The van der Waals surface area contributed by atoms with Crippen LogP contribution in [0.5, 0.6) is 0 Å². The van der Waals surface area contributed by atoms with Crippen LogP contribution in [0.1, 0.15) is 31.4 Å². The molecule has 0 aliphatic heterocycles. The molecule has 0 saturated heterocycles. The highest BCUT2D eigenvalue weighted by molar-refractivity contribution is 9.10. The third-order valence-corrected chi connectivity index (χ3v) is 4.06. The number of carbonyl (C=O) groups excluding carboxylic acids is 1. The summed E-state index contributed by atoms with van der Waals surface area (Å²) in [5.74, 6) is -1.17. The zero-order valence-corrected chi connectivity index (χ0v) is 14.2. The molecule has 2 amide bonds. The molecule has 0 saturated carbocycles. The van der Waals surface area contributed by atoms with Crippen LogP contribution in [0, 0.1) is 19.8 Å². The summed E-state index contributed by atoms with van der Waals surface area (Å²) in [6, 6.07) is 2.42. The number of benzene rings is 1. The number of hydrogen-bond donors (Lipinski definition) is 3. The molecule has 0 aliphatic carbocycles. The highest BCUT2D eigenvalue weighted by atomic mass is 79.9. The van der Waals surface area contributed by atoms with Gasteiger partial charge in [0.1, 0.15) is 6.04 Å². The van der Waals surface area contributed by atoms with Crippen molar-refractivity contribution in [3.8, 4) is 0 Å². The third kappa shape index (κ3) is 4.74. The van der Waals surface area contributed by atoms with Crippen LogP contribution in [0.2, 0.25) is 0 Å². The van der Waals surface area contributed by atoms with Gasteiger partial charge in [0.15, 0.2) is 0 Å². The van der Waals surface area contributed by atoms with Crippen LogP contribution in [0.15, 0.2) is 16.6 Å². The number of halogens is 1. The Labute approximate surface area is 133 Å².